The number of primary amides is 1. The summed E-state index contributed by atoms with van der Waals surface area (Å²) in [5, 5.41) is 25.0. The lowest BCUT2D eigenvalue weighted by molar-refractivity contribution is 0.176. The number of phenolic OH excluding ortho intramolecular Hbond substituents is 1. The molecule has 8 N–H and O–H groups in total. The first-order valence-electron chi connectivity index (χ1n) is 18.4. The summed E-state index contributed by atoms with van der Waals surface area (Å²) in [4.78, 5) is 31.3. The molecule has 4 aromatic carbocycles. The number of aromatic amines is 1. The van der Waals surface area contributed by atoms with Gasteiger partial charge in [-0.3, -0.25) is 4.79 Å². The van der Waals surface area contributed by atoms with Crippen LogP contribution < -0.4 is 27.1 Å². The quantitative estimate of drug-likeness (QED) is 0.0730. The number of aromatic hydroxyl groups is 1. The third-order valence-electron chi connectivity index (χ3n) is 10.5. The number of carbonyl (C=O) groups excluding carboxylic acids is 1. The van der Waals surface area contributed by atoms with Gasteiger partial charge in [0.05, 0.1) is 29.0 Å². The smallest absolute Gasteiger partial charge is 0.409 e. The lowest BCUT2D eigenvalue weighted by Gasteiger charge is -2.30. The second-order valence-electron chi connectivity index (χ2n) is 14.1. The molecule has 1 amide bonds. The Kier molecular flexibility index (Phi) is 10.9. The number of phenols is 1. The molecule has 0 spiro atoms. The number of carbonyl (C=O) groups is 1. The molecule has 7 rings (SSSR count). The van der Waals surface area contributed by atoms with E-state index in [-0.39, 0.29) is 29.8 Å². The first-order valence-corrected chi connectivity index (χ1v) is 18.4. The molecule has 1 saturated carbocycles. The van der Waals surface area contributed by atoms with Crippen LogP contribution in [0.4, 0.5) is 4.79 Å². The zero-order valence-corrected chi connectivity index (χ0v) is 29.6. The third kappa shape index (κ3) is 8.12. The summed E-state index contributed by atoms with van der Waals surface area (Å²) in [5.41, 5.74) is 19.7. The molecule has 1 atom stereocenters. The molecule has 2 aromatic heterocycles. The lowest BCUT2D eigenvalue weighted by atomic mass is 9.78. The standard InChI is InChI=1S/C42H46N6O5/c43-30-13-10-29(11-14-30)39-28(12-15-31(41(39)53-42(44)52)27-6-2-1-3-7-27)8-4-5-21-48-25-46-34-22-26(9-18-35(34)48)23-45-24-37(50)32-16-19-36(49)40-33(32)17-20-38(51)47-40/h1-3,6-7,9,12,15-20,22,25,29-30,37,45,49-50H,4-5,8,10-11,13-14,21,23-24,43H2,(H2,44,52)(H,47,51)/t29?,30?,37-/m0/s1. The van der Waals surface area contributed by atoms with E-state index in [0.29, 0.717) is 28.8 Å². The van der Waals surface area contributed by atoms with Crippen molar-refractivity contribution in [3.63, 3.8) is 0 Å². The molecule has 11 heteroatoms. The fourth-order valence-electron chi connectivity index (χ4n) is 7.78. The first-order chi connectivity index (χ1) is 25.7. The van der Waals surface area contributed by atoms with Crippen LogP contribution in [0, 0.1) is 0 Å². The van der Waals surface area contributed by atoms with E-state index in [2.05, 4.69) is 50.2 Å². The second-order valence-corrected chi connectivity index (χ2v) is 14.1. The number of hydrogen-bond donors (Lipinski definition) is 6. The number of H-pyrrole nitrogens is 1. The Morgan fingerprint density at radius 2 is 1.81 bits per heavy atom. The molecule has 274 valence electrons. The highest BCUT2D eigenvalue weighted by molar-refractivity contribution is 5.87. The average Bonchev–Trinajstić information content (AvgIpc) is 3.56. The number of nitrogens with two attached hydrogens (primary N) is 2. The molecular weight excluding hydrogens is 668 g/mol. The molecule has 0 saturated heterocycles. The molecule has 11 nitrogen and oxygen atoms in total. The van der Waals surface area contributed by atoms with Gasteiger partial charge in [-0.05, 0) is 97.4 Å². The highest BCUT2D eigenvalue weighted by atomic mass is 16.5. The van der Waals surface area contributed by atoms with Crippen LogP contribution in [0.1, 0.15) is 72.8 Å². The van der Waals surface area contributed by atoms with Gasteiger partial charge in [0.15, 0.2) is 0 Å². The summed E-state index contributed by atoms with van der Waals surface area (Å²) in [6.45, 7) is 1.63. The number of nitrogens with one attached hydrogen (secondary N) is 2. The van der Waals surface area contributed by atoms with E-state index in [4.69, 9.17) is 16.2 Å². The van der Waals surface area contributed by atoms with Crippen molar-refractivity contribution in [2.24, 2.45) is 11.5 Å². The Balaban J connectivity index is 0.996. The minimum atomic E-state index is -0.840. The van der Waals surface area contributed by atoms with Gasteiger partial charge >= 0.3 is 6.09 Å². The van der Waals surface area contributed by atoms with Crippen molar-refractivity contribution < 1.29 is 19.7 Å². The fraction of sp³-hybridized carbons (Fsp3) is 0.310. The van der Waals surface area contributed by atoms with Gasteiger partial charge < -0.3 is 41.3 Å². The summed E-state index contributed by atoms with van der Waals surface area (Å²) in [6, 6.07) is 26.8. The molecule has 2 heterocycles. The average molecular weight is 715 g/mol. The molecule has 1 aliphatic carbocycles. The van der Waals surface area contributed by atoms with Crippen LogP contribution >= 0.6 is 0 Å². The van der Waals surface area contributed by atoms with Gasteiger partial charge in [0.25, 0.3) is 0 Å². The van der Waals surface area contributed by atoms with E-state index in [1.807, 2.05) is 36.7 Å². The molecule has 1 aliphatic rings. The summed E-state index contributed by atoms with van der Waals surface area (Å²) in [5.74, 6) is 0.782. The molecule has 0 unspecified atom stereocenters. The Labute approximate surface area is 307 Å². The van der Waals surface area contributed by atoms with Gasteiger partial charge in [0, 0.05) is 48.3 Å². The molecule has 0 radical (unpaired) electrons. The highest BCUT2D eigenvalue weighted by Crippen LogP contribution is 2.44. The number of imidazole rings is 1. The van der Waals surface area contributed by atoms with Crippen LogP contribution in [0.25, 0.3) is 33.1 Å². The van der Waals surface area contributed by atoms with Crippen molar-refractivity contribution in [3.05, 3.63) is 124 Å². The number of aliphatic hydroxyl groups is 1. The maximum absolute atomic E-state index is 12.2. The summed E-state index contributed by atoms with van der Waals surface area (Å²) in [6.07, 6.45) is 6.72. The lowest BCUT2D eigenvalue weighted by Crippen LogP contribution is -2.27. The number of aromatic nitrogens is 3. The topological polar surface area (TPSA) is 182 Å². The van der Waals surface area contributed by atoms with Gasteiger partial charge in [-0.2, -0.15) is 0 Å². The zero-order valence-electron chi connectivity index (χ0n) is 29.6. The second kappa shape index (κ2) is 16.0. The van der Waals surface area contributed by atoms with Gasteiger partial charge in [-0.15, -0.1) is 0 Å². The number of nitrogens with zero attached hydrogens (tertiary/aromatic N) is 2. The summed E-state index contributed by atoms with van der Waals surface area (Å²) < 4.78 is 7.99. The molecular formula is C42H46N6O5. The number of amides is 1. The number of rotatable bonds is 13. The van der Waals surface area contributed by atoms with Gasteiger partial charge in [0.1, 0.15) is 11.5 Å². The van der Waals surface area contributed by atoms with Crippen LogP contribution in [-0.4, -0.2) is 43.4 Å². The van der Waals surface area contributed by atoms with Crippen LogP contribution in [0.3, 0.4) is 0 Å². The van der Waals surface area contributed by atoms with Crippen LogP contribution in [-0.2, 0) is 19.5 Å². The van der Waals surface area contributed by atoms with Gasteiger partial charge in [0.2, 0.25) is 5.56 Å². The van der Waals surface area contributed by atoms with Crippen molar-refractivity contribution in [2.75, 3.05) is 6.54 Å². The van der Waals surface area contributed by atoms with Gasteiger partial charge in [-0.1, -0.05) is 54.6 Å². The number of fused-ring (bicyclic) bond motifs is 2. The van der Waals surface area contributed by atoms with E-state index >= 15 is 0 Å². The predicted molar refractivity (Wildman–Crippen MR) is 207 cm³/mol. The van der Waals surface area contributed by atoms with Crippen molar-refractivity contribution >= 4 is 28.0 Å². The Morgan fingerprint density at radius 3 is 2.60 bits per heavy atom. The molecule has 53 heavy (non-hydrogen) atoms. The number of pyridine rings is 1. The zero-order chi connectivity index (χ0) is 36.9. The third-order valence-corrected chi connectivity index (χ3v) is 10.5. The Morgan fingerprint density at radius 1 is 1.00 bits per heavy atom. The maximum Gasteiger partial charge on any atom is 0.409 e. The van der Waals surface area contributed by atoms with E-state index in [1.165, 1.54) is 17.7 Å². The molecule has 6 aromatic rings. The predicted octanol–water partition coefficient (Wildman–Crippen LogP) is 6.54. The van der Waals surface area contributed by atoms with Gasteiger partial charge in [-0.25, -0.2) is 9.78 Å². The highest BCUT2D eigenvalue weighted by Gasteiger charge is 2.28. The normalized spacial score (nSPS) is 16.6. The van der Waals surface area contributed by atoms with Crippen LogP contribution in [0.2, 0.25) is 0 Å². The number of aryl methyl sites for hydroxylation is 2. The number of hydrogen-bond acceptors (Lipinski definition) is 8. The Bertz CT molecular complexity index is 2280. The Hall–Kier alpha value is -5.49. The van der Waals surface area contributed by atoms with Crippen molar-refractivity contribution in [2.45, 2.75) is 76.1 Å². The van der Waals surface area contributed by atoms with Crippen molar-refractivity contribution in [3.8, 4) is 22.6 Å². The minimum Gasteiger partial charge on any atom is -0.506 e. The number of aliphatic hydroxyl groups excluding tert-OH is 1. The fourth-order valence-corrected chi connectivity index (χ4v) is 7.78. The minimum absolute atomic E-state index is 0.0382. The largest absolute Gasteiger partial charge is 0.506 e. The molecule has 1 fully saturated rings. The summed E-state index contributed by atoms with van der Waals surface area (Å²) in [7, 11) is 0. The summed E-state index contributed by atoms with van der Waals surface area (Å²) >= 11 is 0. The van der Waals surface area contributed by atoms with E-state index < -0.39 is 12.2 Å². The van der Waals surface area contributed by atoms with E-state index in [0.717, 1.165) is 84.8 Å². The SMILES string of the molecule is NC(=O)Oc1c(-c2ccccc2)ccc(CCCCn2cnc3cc(CNC[C@H](O)c4ccc(O)c5[nH]c(=O)ccc45)ccc32)c1C1CCC(N)CC1. The maximum atomic E-state index is 12.2. The first kappa shape index (κ1) is 35.9. The number of ether oxygens (including phenoxy) is 1. The van der Waals surface area contributed by atoms with E-state index in [1.54, 1.807) is 12.1 Å². The van der Waals surface area contributed by atoms with E-state index in [9.17, 15) is 19.8 Å². The monoisotopic (exact) mass is 714 g/mol. The van der Waals surface area contributed by atoms with Crippen LogP contribution in [0.5, 0.6) is 11.5 Å². The number of unbranched alkanes of at least 4 members (excludes halogenated alkanes) is 1. The number of benzene rings is 4. The van der Waals surface area contributed by atoms with Crippen molar-refractivity contribution in [1.29, 1.82) is 0 Å². The van der Waals surface area contributed by atoms with Crippen molar-refractivity contribution in [1.82, 2.24) is 19.9 Å². The molecule has 0 bridgehead atoms. The van der Waals surface area contributed by atoms with Crippen LogP contribution in [0.15, 0.2) is 96.1 Å². The molecule has 0 aliphatic heterocycles.